The van der Waals surface area contributed by atoms with Crippen molar-refractivity contribution >= 4 is 17.8 Å². The van der Waals surface area contributed by atoms with E-state index in [4.69, 9.17) is 5.11 Å². The summed E-state index contributed by atoms with van der Waals surface area (Å²) in [5.41, 5.74) is 0. The standard InChI is InChI=1S/C13H22N2O4/c1-9(13(18)19)15-12(17)8-14-11(16)7-6-10-4-2-3-5-10/h9-10H,2-8H2,1H3,(H,14,16)(H,15,17)(H,18,19)/t9-/m0/s1. The molecule has 2 amide bonds. The summed E-state index contributed by atoms with van der Waals surface area (Å²) in [6.45, 7) is 1.21. The van der Waals surface area contributed by atoms with Crippen molar-refractivity contribution < 1.29 is 19.5 Å². The van der Waals surface area contributed by atoms with Gasteiger partial charge in [0.15, 0.2) is 0 Å². The van der Waals surface area contributed by atoms with E-state index in [1.54, 1.807) is 0 Å². The summed E-state index contributed by atoms with van der Waals surface area (Å²) >= 11 is 0. The molecule has 1 aliphatic carbocycles. The Kier molecular flexibility index (Phi) is 6.32. The van der Waals surface area contributed by atoms with Crippen LogP contribution in [-0.4, -0.2) is 35.5 Å². The van der Waals surface area contributed by atoms with Gasteiger partial charge in [-0.2, -0.15) is 0 Å². The van der Waals surface area contributed by atoms with Gasteiger partial charge in [-0.15, -0.1) is 0 Å². The van der Waals surface area contributed by atoms with Crippen molar-refractivity contribution in [2.75, 3.05) is 6.54 Å². The second-order valence-electron chi connectivity index (χ2n) is 5.09. The average molecular weight is 270 g/mol. The van der Waals surface area contributed by atoms with Crippen molar-refractivity contribution in [3.63, 3.8) is 0 Å². The Hall–Kier alpha value is -1.59. The monoisotopic (exact) mass is 270 g/mol. The van der Waals surface area contributed by atoms with Gasteiger partial charge in [0.1, 0.15) is 6.04 Å². The summed E-state index contributed by atoms with van der Waals surface area (Å²) in [7, 11) is 0. The van der Waals surface area contributed by atoms with Crippen LogP contribution in [0.1, 0.15) is 45.4 Å². The molecule has 0 heterocycles. The van der Waals surface area contributed by atoms with Crippen molar-refractivity contribution in [1.82, 2.24) is 10.6 Å². The number of aliphatic carboxylic acids is 1. The lowest BCUT2D eigenvalue weighted by Crippen LogP contribution is -2.44. The molecule has 1 fully saturated rings. The first-order valence-electron chi connectivity index (χ1n) is 6.78. The minimum atomic E-state index is -1.10. The zero-order valence-electron chi connectivity index (χ0n) is 11.3. The molecule has 0 aromatic carbocycles. The molecule has 1 saturated carbocycles. The number of hydrogen-bond acceptors (Lipinski definition) is 3. The van der Waals surface area contributed by atoms with Crippen molar-refractivity contribution in [3.05, 3.63) is 0 Å². The Morgan fingerprint density at radius 3 is 2.42 bits per heavy atom. The van der Waals surface area contributed by atoms with Gasteiger partial charge < -0.3 is 15.7 Å². The Morgan fingerprint density at radius 1 is 1.21 bits per heavy atom. The van der Waals surface area contributed by atoms with Gasteiger partial charge >= 0.3 is 5.97 Å². The van der Waals surface area contributed by atoms with Crippen LogP contribution in [0.3, 0.4) is 0 Å². The number of hydrogen-bond donors (Lipinski definition) is 3. The van der Waals surface area contributed by atoms with Gasteiger partial charge in [0.25, 0.3) is 0 Å². The Labute approximate surface area is 112 Å². The van der Waals surface area contributed by atoms with Gasteiger partial charge in [-0.05, 0) is 19.3 Å². The minimum absolute atomic E-state index is 0.148. The number of carbonyl (C=O) groups excluding carboxylic acids is 2. The maximum absolute atomic E-state index is 11.5. The number of amides is 2. The molecule has 0 aromatic heterocycles. The number of carbonyl (C=O) groups is 3. The molecule has 0 spiro atoms. The minimum Gasteiger partial charge on any atom is -0.480 e. The first kappa shape index (κ1) is 15.5. The zero-order chi connectivity index (χ0) is 14.3. The highest BCUT2D eigenvalue weighted by atomic mass is 16.4. The van der Waals surface area contributed by atoms with Crippen molar-refractivity contribution in [3.8, 4) is 0 Å². The van der Waals surface area contributed by atoms with Crippen LogP contribution in [0.5, 0.6) is 0 Å². The summed E-state index contributed by atoms with van der Waals surface area (Å²) in [4.78, 5) is 33.4. The molecule has 0 radical (unpaired) electrons. The topological polar surface area (TPSA) is 95.5 Å². The highest BCUT2D eigenvalue weighted by Crippen LogP contribution is 2.28. The molecule has 6 heteroatoms. The molecule has 0 aliphatic heterocycles. The van der Waals surface area contributed by atoms with Crippen LogP contribution in [0.2, 0.25) is 0 Å². The van der Waals surface area contributed by atoms with Crippen LogP contribution in [0, 0.1) is 5.92 Å². The summed E-state index contributed by atoms with van der Waals surface area (Å²) in [5.74, 6) is -1.08. The lowest BCUT2D eigenvalue weighted by molar-refractivity contribution is -0.141. The molecule has 0 bridgehead atoms. The lowest BCUT2D eigenvalue weighted by Gasteiger charge is -2.11. The molecule has 1 aliphatic rings. The fraction of sp³-hybridized carbons (Fsp3) is 0.769. The molecule has 0 saturated heterocycles. The molecular weight excluding hydrogens is 248 g/mol. The predicted octanol–water partition coefficient (Wildman–Crippen LogP) is 0.662. The third kappa shape index (κ3) is 6.22. The molecule has 1 atom stereocenters. The Balaban J connectivity index is 2.11. The second-order valence-corrected chi connectivity index (χ2v) is 5.09. The van der Waals surface area contributed by atoms with Gasteiger partial charge in [0.05, 0.1) is 6.54 Å². The van der Waals surface area contributed by atoms with E-state index in [9.17, 15) is 14.4 Å². The maximum Gasteiger partial charge on any atom is 0.325 e. The van der Waals surface area contributed by atoms with Crippen LogP contribution in [0.15, 0.2) is 0 Å². The van der Waals surface area contributed by atoms with Crippen LogP contribution in [0.4, 0.5) is 0 Å². The Morgan fingerprint density at radius 2 is 1.84 bits per heavy atom. The Bertz CT molecular complexity index is 338. The summed E-state index contributed by atoms with van der Waals surface area (Å²) in [6.07, 6.45) is 6.21. The molecular formula is C13H22N2O4. The van der Waals surface area contributed by atoms with Gasteiger partial charge in [0, 0.05) is 6.42 Å². The molecule has 0 aromatic rings. The predicted molar refractivity (Wildman–Crippen MR) is 69.4 cm³/mol. The second kappa shape index (κ2) is 7.76. The number of carboxylic acid groups (broad SMARTS) is 1. The number of carboxylic acids is 1. The summed E-state index contributed by atoms with van der Waals surface area (Å²) < 4.78 is 0. The molecule has 19 heavy (non-hydrogen) atoms. The van der Waals surface area contributed by atoms with E-state index in [-0.39, 0.29) is 12.5 Å². The van der Waals surface area contributed by atoms with Gasteiger partial charge in [-0.1, -0.05) is 25.7 Å². The normalized spacial score (nSPS) is 16.9. The third-order valence-electron chi connectivity index (χ3n) is 3.45. The number of nitrogens with one attached hydrogen (secondary N) is 2. The van der Waals surface area contributed by atoms with Crippen molar-refractivity contribution in [2.24, 2.45) is 5.92 Å². The van der Waals surface area contributed by atoms with E-state index in [1.807, 2.05) is 0 Å². The van der Waals surface area contributed by atoms with Gasteiger partial charge in [-0.3, -0.25) is 14.4 Å². The molecule has 6 nitrogen and oxygen atoms in total. The van der Waals surface area contributed by atoms with Crippen LogP contribution in [0.25, 0.3) is 0 Å². The SMILES string of the molecule is C[C@H](NC(=O)CNC(=O)CCC1CCCC1)C(=O)O. The van der Waals surface area contributed by atoms with Crippen molar-refractivity contribution in [1.29, 1.82) is 0 Å². The highest BCUT2D eigenvalue weighted by molar-refractivity contribution is 5.87. The highest BCUT2D eigenvalue weighted by Gasteiger charge is 2.17. The fourth-order valence-electron chi connectivity index (χ4n) is 2.26. The van der Waals surface area contributed by atoms with E-state index < -0.39 is 17.9 Å². The zero-order valence-corrected chi connectivity index (χ0v) is 11.3. The molecule has 1 rings (SSSR count). The van der Waals surface area contributed by atoms with E-state index in [1.165, 1.54) is 32.6 Å². The van der Waals surface area contributed by atoms with Crippen LogP contribution < -0.4 is 10.6 Å². The van der Waals surface area contributed by atoms with Crippen molar-refractivity contribution in [2.45, 2.75) is 51.5 Å². The molecule has 0 unspecified atom stereocenters. The quantitative estimate of drug-likeness (QED) is 0.633. The average Bonchev–Trinajstić information content (AvgIpc) is 2.86. The van der Waals surface area contributed by atoms with E-state index >= 15 is 0 Å². The molecule has 108 valence electrons. The van der Waals surface area contributed by atoms with Crippen LogP contribution in [-0.2, 0) is 14.4 Å². The van der Waals surface area contributed by atoms with Gasteiger partial charge in [-0.25, -0.2) is 0 Å². The maximum atomic E-state index is 11.5. The van der Waals surface area contributed by atoms with Gasteiger partial charge in [0.2, 0.25) is 11.8 Å². The van der Waals surface area contributed by atoms with Crippen LogP contribution >= 0.6 is 0 Å². The first-order valence-corrected chi connectivity index (χ1v) is 6.78. The summed E-state index contributed by atoms with van der Waals surface area (Å²) in [5, 5.41) is 13.4. The first-order chi connectivity index (χ1) is 8.99. The van der Waals surface area contributed by atoms with E-state index in [0.717, 1.165) is 6.42 Å². The summed E-state index contributed by atoms with van der Waals surface area (Å²) in [6, 6.07) is -0.942. The number of rotatable bonds is 7. The van der Waals surface area contributed by atoms with E-state index in [2.05, 4.69) is 10.6 Å². The fourth-order valence-corrected chi connectivity index (χ4v) is 2.26. The van der Waals surface area contributed by atoms with E-state index in [0.29, 0.717) is 12.3 Å². The smallest absolute Gasteiger partial charge is 0.325 e. The largest absolute Gasteiger partial charge is 0.480 e. The lowest BCUT2D eigenvalue weighted by atomic mass is 10.0. The third-order valence-corrected chi connectivity index (χ3v) is 3.45. The molecule has 3 N–H and O–H groups in total.